The van der Waals surface area contributed by atoms with Crippen LogP contribution in [0.5, 0.6) is 11.5 Å². The number of benzene rings is 2. The van der Waals surface area contributed by atoms with Gasteiger partial charge >= 0.3 is 0 Å². The first kappa shape index (κ1) is 31.1. The van der Waals surface area contributed by atoms with Gasteiger partial charge in [-0.2, -0.15) is 0 Å². The number of pyridine rings is 1. The summed E-state index contributed by atoms with van der Waals surface area (Å²) in [5.41, 5.74) is 4.55. The zero-order valence-electron chi connectivity index (χ0n) is 25.4. The number of aromatic amines is 1. The van der Waals surface area contributed by atoms with Crippen molar-refractivity contribution in [2.24, 2.45) is 0 Å². The summed E-state index contributed by atoms with van der Waals surface area (Å²) in [6.07, 6.45) is -0.252. The standard InChI is InChI=1S/C34H39F2N5O4/c1-22-28-19-27(45-31-6-8-37-34-30(31)18-26(21-43)38-34)5-4-24(28)7-9-41(22)32(44)17-23-2-3-25(29(16-23)33(35)36)20-40-12-10-39(11-13-40)14-15-42/h2-6,8,16,18-19,22,33,42-43H,7,9-15,17,20-21H2,1H3,(H,37,38)/t22-/m0/s1. The lowest BCUT2D eigenvalue weighted by atomic mass is 9.92. The molecule has 45 heavy (non-hydrogen) atoms. The van der Waals surface area contributed by atoms with Gasteiger partial charge in [0.05, 0.1) is 31.1 Å². The van der Waals surface area contributed by atoms with Gasteiger partial charge in [0.25, 0.3) is 6.43 Å². The quantitative estimate of drug-likeness (QED) is 0.239. The van der Waals surface area contributed by atoms with Crippen molar-refractivity contribution in [3.05, 3.63) is 88.2 Å². The number of nitrogens with one attached hydrogen (secondary N) is 1. The molecule has 11 heteroatoms. The summed E-state index contributed by atoms with van der Waals surface area (Å²) in [7, 11) is 0. The lowest BCUT2D eigenvalue weighted by molar-refractivity contribution is -0.133. The Bertz CT molecular complexity index is 1650. The van der Waals surface area contributed by atoms with E-state index >= 15 is 0 Å². The van der Waals surface area contributed by atoms with Crippen LogP contribution in [-0.2, 0) is 30.8 Å². The second-order valence-corrected chi connectivity index (χ2v) is 11.9. The van der Waals surface area contributed by atoms with Crippen LogP contribution in [0, 0.1) is 0 Å². The van der Waals surface area contributed by atoms with E-state index in [1.165, 1.54) is 6.07 Å². The molecule has 0 saturated carbocycles. The molecule has 2 aromatic heterocycles. The molecule has 4 heterocycles. The van der Waals surface area contributed by atoms with Crippen LogP contribution in [0.1, 0.15) is 52.9 Å². The molecule has 1 fully saturated rings. The van der Waals surface area contributed by atoms with Crippen LogP contribution in [0.3, 0.4) is 0 Å². The Hall–Kier alpha value is -3.90. The second-order valence-electron chi connectivity index (χ2n) is 11.9. The van der Waals surface area contributed by atoms with Crippen molar-refractivity contribution in [3.8, 4) is 11.5 Å². The Labute approximate surface area is 261 Å². The first-order valence-electron chi connectivity index (χ1n) is 15.5. The first-order chi connectivity index (χ1) is 21.8. The largest absolute Gasteiger partial charge is 0.457 e. The van der Waals surface area contributed by atoms with Crippen molar-refractivity contribution in [1.82, 2.24) is 24.7 Å². The molecular formula is C34H39F2N5O4. The number of β-amino-alcohol motifs (C(OH)–C–C–N with tert-alkyl or cyclic N) is 1. The third-order valence-corrected chi connectivity index (χ3v) is 9.00. The molecule has 1 saturated heterocycles. The number of piperazine rings is 1. The molecule has 0 aliphatic carbocycles. The van der Waals surface area contributed by atoms with E-state index in [2.05, 4.69) is 19.8 Å². The summed E-state index contributed by atoms with van der Waals surface area (Å²) >= 11 is 0. The third kappa shape index (κ3) is 6.86. The summed E-state index contributed by atoms with van der Waals surface area (Å²) in [5, 5.41) is 19.4. The predicted molar refractivity (Wildman–Crippen MR) is 166 cm³/mol. The molecule has 3 N–H and O–H groups in total. The van der Waals surface area contributed by atoms with E-state index < -0.39 is 6.43 Å². The van der Waals surface area contributed by atoms with Crippen LogP contribution in [0.15, 0.2) is 54.7 Å². The van der Waals surface area contributed by atoms with E-state index in [1.54, 1.807) is 24.4 Å². The number of nitrogens with zero attached hydrogens (tertiary/aromatic N) is 4. The number of alkyl halides is 2. The molecule has 0 radical (unpaired) electrons. The molecule has 4 aromatic rings. The molecule has 6 rings (SSSR count). The van der Waals surface area contributed by atoms with Gasteiger partial charge in [-0.3, -0.25) is 14.6 Å². The number of aliphatic hydroxyl groups is 2. The maximum atomic E-state index is 14.2. The predicted octanol–water partition coefficient (Wildman–Crippen LogP) is 4.58. The van der Waals surface area contributed by atoms with E-state index in [0.29, 0.717) is 60.0 Å². The topological polar surface area (TPSA) is 105 Å². The smallest absolute Gasteiger partial charge is 0.264 e. The van der Waals surface area contributed by atoms with E-state index in [-0.39, 0.29) is 37.1 Å². The summed E-state index contributed by atoms with van der Waals surface area (Å²) in [4.78, 5) is 27.1. The van der Waals surface area contributed by atoms with Gasteiger partial charge in [-0.1, -0.05) is 18.2 Å². The van der Waals surface area contributed by atoms with E-state index in [9.17, 15) is 18.7 Å². The van der Waals surface area contributed by atoms with E-state index in [0.717, 1.165) is 42.7 Å². The van der Waals surface area contributed by atoms with Crippen molar-refractivity contribution in [2.45, 2.75) is 45.4 Å². The maximum absolute atomic E-state index is 14.2. The molecule has 1 amide bonds. The van der Waals surface area contributed by atoms with Crippen molar-refractivity contribution in [2.75, 3.05) is 45.9 Å². The zero-order valence-corrected chi connectivity index (χ0v) is 25.4. The van der Waals surface area contributed by atoms with Gasteiger partial charge in [0.2, 0.25) is 5.91 Å². The molecule has 1 atom stereocenters. The van der Waals surface area contributed by atoms with Crippen LogP contribution < -0.4 is 4.74 Å². The number of rotatable bonds is 10. The van der Waals surface area contributed by atoms with E-state index in [1.807, 2.05) is 36.1 Å². The molecule has 2 aliphatic rings. The number of carbonyl (C=O) groups excluding carboxylic acids is 1. The Morgan fingerprint density at radius 3 is 2.60 bits per heavy atom. The molecule has 2 aliphatic heterocycles. The molecule has 238 valence electrons. The normalized spacial score (nSPS) is 17.6. The SMILES string of the molecule is C[C@H]1c2cc(Oc3ccnc4[nH]c(CO)cc34)ccc2CCN1C(=O)Cc1ccc(CN2CCN(CCO)CC2)c(C(F)F)c1. The van der Waals surface area contributed by atoms with Gasteiger partial charge in [0.1, 0.15) is 17.1 Å². The third-order valence-electron chi connectivity index (χ3n) is 9.00. The summed E-state index contributed by atoms with van der Waals surface area (Å²) in [6.45, 7) is 6.70. The number of amides is 1. The van der Waals surface area contributed by atoms with Gasteiger partial charge in [-0.05, 0) is 65.9 Å². The van der Waals surface area contributed by atoms with Crippen LogP contribution in [0.2, 0.25) is 0 Å². The molecule has 2 aromatic carbocycles. The van der Waals surface area contributed by atoms with Crippen molar-refractivity contribution >= 4 is 16.9 Å². The highest BCUT2D eigenvalue weighted by molar-refractivity contribution is 5.83. The van der Waals surface area contributed by atoms with E-state index in [4.69, 9.17) is 9.84 Å². The fraction of sp³-hybridized carbons (Fsp3) is 0.412. The van der Waals surface area contributed by atoms with Gasteiger partial charge in [-0.15, -0.1) is 0 Å². The highest BCUT2D eigenvalue weighted by atomic mass is 19.3. The number of hydrogen-bond acceptors (Lipinski definition) is 7. The van der Waals surface area contributed by atoms with Crippen molar-refractivity contribution in [3.63, 3.8) is 0 Å². The number of H-pyrrole nitrogens is 1. The number of ether oxygens (including phenoxy) is 1. The van der Waals surface area contributed by atoms with Gasteiger partial charge in [-0.25, -0.2) is 13.8 Å². The average molecular weight is 620 g/mol. The minimum atomic E-state index is -2.63. The summed E-state index contributed by atoms with van der Waals surface area (Å²) < 4.78 is 34.6. The maximum Gasteiger partial charge on any atom is 0.264 e. The molecule has 0 bridgehead atoms. The van der Waals surface area contributed by atoms with Gasteiger partial charge < -0.3 is 24.8 Å². The van der Waals surface area contributed by atoms with Gasteiger partial charge in [0.15, 0.2) is 0 Å². The number of fused-ring (bicyclic) bond motifs is 2. The van der Waals surface area contributed by atoms with Crippen molar-refractivity contribution < 1.29 is 28.5 Å². The number of aliphatic hydroxyl groups excluding tert-OH is 2. The summed E-state index contributed by atoms with van der Waals surface area (Å²) in [5.74, 6) is 1.13. The Kier molecular flexibility index (Phi) is 9.41. The first-order valence-corrected chi connectivity index (χ1v) is 15.5. The number of aromatic nitrogens is 2. The Morgan fingerprint density at radius 1 is 1.04 bits per heavy atom. The monoisotopic (exact) mass is 619 g/mol. The van der Waals surface area contributed by atoms with Crippen LogP contribution in [0.25, 0.3) is 11.0 Å². The fourth-order valence-corrected chi connectivity index (χ4v) is 6.49. The number of halogens is 2. The minimum absolute atomic E-state index is 0.0179. The summed E-state index contributed by atoms with van der Waals surface area (Å²) in [6, 6.07) is 14.3. The number of hydrogen-bond donors (Lipinski definition) is 3. The van der Waals surface area contributed by atoms with Crippen LogP contribution >= 0.6 is 0 Å². The fourth-order valence-electron chi connectivity index (χ4n) is 6.49. The zero-order chi connectivity index (χ0) is 31.5. The Morgan fingerprint density at radius 2 is 1.84 bits per heavy atom. The highest BCUT2D eigenvalue weighted by Gasteiger charge is 2.29. The van der Waals surface area contributed by atoms with Gasteiger partial charge in [0, 0.05) is 63.3 Å². The lowest BCUT2D eigenvalue weighted by Crippen LogP contribution is -2.46. The molecular weight excluding hydrogens is 580 g/mol. The highest BCUT2D eigenvalue weighted by Crippen LogP contribution is 2.36. The van der Waals surface area contributed by atoms with Crippen molar-refractivity contribution in [1.29, 1.82) is 0 Å². The van der Waals surface area contributed by atoms with Crippen LogP contribution in [0.4, 0.5) is 8.78 Å². The molecule has 0 unspecified atom stereocenters. The second kappa shape index (κ2) is 13.6. The Balaban J connectivity index is 1.13. The van der Waals surface area contributed by atoms with Crippen LogP contribution in [-0.4, -0.2) is 86.7 Å². The minimum Gasteiger partial charge on any atom is -0.457 e. The molecule has 0 spiro atoms. The number of carbonyl (C=O) groups is 1. The average Bonchev–Trinajstić information content (AvgIpc) is 3.48. The lowest BCUT2D eigenvalue weighted by Gasteiger charge is -2.36. The molecule has 9 nitrogen and oxygen atoms in total.